The number of amides is 1. The second kappa shape index (κ2) is 5.55. The lowest BCUT2D eigenvalue weighted by molar-refractivity contribution is -0.121. The van der Waals surface area contributed by atoms with Gasteiger partial charge in [0.25, 0.3) is 5.91 Å². The van der Waals surface area contributed by atoms with Gasteiger partial charge in [0.1, 0.15) is 17.1 Å². The number of pyridine rings is 1. The van der Waals surface area contributed by atoms with Gasteiger partial charge in [0, 0.05) is 18.0 Å². The van der Waals surface area contributed by atoms with Crippen LogP contribution in [-0.2, 0) is 23.2 Å². The first-order valence-corrected chi connectivity index (χ1v) is 8.23. The van der Waals surface area contributed by atoms with E-state index in [4.69, 9.17) is 4.42 Å². The summed E-state index contributed by atoms with van der Waals surface area (Å²) in [5.41, 5.74) is 2.29. The zero-order valence-corrected chi connectivity index (χ0v) is 14.1. The quantitative estimate of drug-likeness (QED) is 0.798. The maximum atomic E-state index is 12.4. The molecule has 1 amide bonds. The van der Waals surface area contributed by atoms with Crippen molar-refractivity contribution in [2.24, 2.45) is 0 Å². The van der Waals surface area contributed by atoms with Crippen molar-refractivity contribution in [2.75, 3.05) is 0 Å². The van der Waals surface area contributed by atoms with Crippen LogP contribution in [0.25, 0.3) is 11.0 Å². The van der Waals surface area contributed by atoms with Crippen LogP contribution in [0.4, 0.5) is 0 Å². The third-order valence-electron chi connectivity index (χ3n) is 4.77. The van der Waals surface area contributed by atoms with Gasteiger partial charge in [-0.2, -0.15) is 0 Å². The van der Waals surface area contributed by atoms with Gasteiger partial charge in [0.2, 0.25) is 0 Å². The van der Waals surface area contributed by atoms with Crippen LogP contribution in [0, 0.1) is 0 Å². The van der Waals surface area contributed by atoms with Gasteiger partial charge in [-0.3, -0.25) is 14.6 Å². The van der Waals surface area contributed by atoms with Gasteiger partial charge >= 0.3 is 0 Å². The van der Waals surface area contributed by atoms with E-state index in [2.05, 4.69) is 10.3 Å². The molecule has 1 N–H and O–H groups in total. The summed E-state index contributed by atoms with van der Waals surface area (Å²) in [6.07, 6.45) is 1.87. The summed E-state index contributed by atoms with van der Waals surface area (Å²) >= 11 is 0. The fourth-order valence-electron chi connectivity index (χ4n) is 3.25. The number of furan rings is 1. The van der Waals surface area contributed by atoms with Crippen LogP contribution in [0.3, 0.4) is 0 Å². The zero-order chi connectivity index (χ0) is 17.6. The van der Waals surface area contributed by atoms with Crippen molar-refractivity contribution in [3.8, 4) is 0 Å². The molecule has 0 saturated carbocycles. The number of hydrogen-bond acceptors (Lipinski definition) is 4. The molecule has 0 atom stereocenters. The van der Waals surface area contributed by atoms with Crippen molar-refractivity contribution in [1.29, 1.82) is 0 Å². The Kier molecular flexibility index (Phi) is 3.46. The highest BCUT2D eigenvalue weighted by Crippen LogP contribution is 2.34. The lowest BCUT2D eigenvalue weighted by Gasteiger charge is -2.15. The molecule has 0 saturated heterocycles. The Morgan fingerprint density at radius 3 is 2.88 bits per heavy atom. The van der Waals surface area contributed by atoms with E-state index in [9.17, 15) is 9.59 Å². The zero-order valence-electron chi connectivity index (χ0n) is 14.1. The number of rotatable bonds is 3. The van der Waals surface area contributed by atoms with Gasteiger partial charge in [0.05, 0.1) is 23.2 Å². The Morgan fingerprint density at radius 2 is 2.08 bits per heavy atom. The van der Waals surface area contributed by atoms with Crippen molar-refractivity contribution in [2.45, 2.75) is 32.2 Å². The number of ketones is 1. The number of nitrogens with zero attached hydrogens (tertiary/aromatic N) is 1. The number of aromatic nitrogens is 1. The molecule has 1 aliphatic rings. The molecule has 0 fully saturated rings. The van der Waals surface area contributed by atoms with E-state index in [1.54, 1.807) is 6.07 Å². The molecule has 0 spiro atoms. The van der Waals surface area contributed by atoms with E-state index < -0.39 is 5.41 Å². The third-order valence-corrected chi connectivity index (χ3v) is 4.77. The number of carbonyl (C=O) groups excluding carboxylic acids is 2. The largest absolute Gasteiger partial charge is 0.459 e. The minimum absolute atomic E-state index is 0.134. The maximum Gasteiger partial charge on any atom is 0.253 e. The normalized spacial score (nSPS) is 15.4. The highest BCUT2D eigenvalue weighted by molar-refractivity contribution is 5.98. The van der Waals surface area contributed by atoms with Crippen molar-refractivity contribution in [1.82, 2.24) is 10.3 Å². The Bertz CT molecular complexity index is 968. The van der Waals surface area contributed by atoms with E-state index in [0.29, 0.717) is 24.3 Å². The second-order valence-corrected chi connectivity index (χ2v) is 6.89. The fourth-order valence-corrected chi connectivity index (χ4v) is 3.25. The lowest BCUT2D eigenvalue weighted by Crippen LogP contribution is -2.25. The molecule has 5 nitrogen and oxygen atoms in total. The summed E-state index contributed by atoms with van der Waals surface area (Å²) < 4.78 is 5.69. The molecule has 5 heteroatoms. The molecular formula is C20H18N2O3. The van der Waals surface area contributed by atoms with Gasteiger partial charge in [-0.05, 0) is 37.6 Å². The minimum Gasteiger partial charge on any atom is -0.459 e. The van der Waals surface area contributed by atoms with Crippen LogP contribution in [0.2, 0.25) is 0 Å². The summed E-state index contributed by atoms with van der Waals surface area (Å²) in [5.74, 6) is 0.600. The Balaban J connectivity index is 1.50. The molecule has 2 heterocycles. The van der Waals surface area contributed by atoms with E-state index in [1.165, 1.54) is 6.20 Å². The summed E-state index contributed by atoms with van der Waals surface area (Å²) in [6.45, 7) is 4.04. The van der Waals surface area contributed by atoms with E-state index in [1.807, 2.05) is 44.2 Å². The monoisotopic (exact) mass is 334 g/mol. The smallest absolute Gasteiger partial charge is 0.253 e. The van der Waals surface area contributed by atoms with E-state index >= 15 is 0 Å². The topological polar surface area (TPSA) is 72.2 Å². The predicted molar refractivity (Wildman–Crippen MR) is 93.4 cm³/mol. The average molecular weight is 334 g/mol. The SMILES string of the molecule is CC1(C)C(=O)Cc2cc(C(=O)NCc3cc4ccccc4o3)cnc21. The van der Waals surface area contributed by atoms with Crippen molar-refractivity contribution in [3.63, 3.8) is 0 Å². The minimum atomic E-state index is -0.571. The van der Waals surface area contributed by atoms with Crippen LogP contribution >= 0.6 is 0 Å². The number of fused-ring (bicyclic) bond motifs is 2. The van der Waals surface area contributed by atoms with Gasteiger partial charge in [-0.15, -0.1) is 0 Å². The second-order valence-electron chi connectivity index (χ2n) is 6.89. The van der Waals surface area contributed by atoms with Gasteiger partial charge in [0.15, 0.2) is 0 Å². The molecule has 1 aliphatic carbocycles. The van der Waals surface area contributed by atoms with Gasteiger partial charge in [-0.1, -0.05) is 18.2 Å². The average Bonchev–Trinajstić information content (AvgIpc) is 3.11. The van der Waals surface area contributed by atoms with Crippen LogP contribution < -0.4 is 5.32 Å². The van der Waals surface area contributed by atoms with Crippen molar-refractivity contribution >= 4 is 22.7 Å². The Labute approximate surface area is 145 Å². The molecule has 126 valence electrons. The molecule has 4 rings (SSSR count). The predicted octanol–water partition coefficient (Wildman–Crippen LogP) is 3.16. The van der Waals surface area contributed by atoms with E-state index in [-0.39, 0.29) is 11.7 Å². The van der Waals surface area contributed by atoms with Crippen LogP contribution in [0.5, 0.6) is 0 Å². The van der Waals surface area contributed by atoms with Crippen molar-refractivity contribution in [3.05, 3.63) is 65.2 Å². The summed E-state index contributed by atoms with van der Waals surface area (Å²) in [6, 6.07) is 11.4. The first-order valence-electron chi connectivity index (χ1n) is 8.23. The fraction of sp³-hybridized carbons (Fsp3) is 0.250. The van der Waals surface area contributed by atoms with Gasteiger partial charge in [-0.25, -0.2) is 0 Å². The molecule has 0 aliphatic heterocycles. The van der Waals surface area contributed by atoms with Crippen molar-refractivity contribution < 1.29 is 14.0 Å². The first kappa shape index (κ1) is 15.6. The summed E-state index contributed by atoms with van der Waals surface area (Å²) in [4.78, 5) is 28.8. The molecule has 3 aromatic rings. The van der Waals surface area contributed by atoms with Crippen LogP contribution in [0.1, 0.15) is 41.2 Å². The summed E-state index contributed by atoms with van der Waals surface area (Å²) in [5, 5.41) is 3.85. The molecule has 0 unspecified atom stereocenters. The lowest BCUT2D eigenvalue weighted by atomic mass is 9.89. The first-order chi connectivity index (χ1) is 11.9. The molecule has 1 aromatic carbocycles. The standard InChI is InChI=1S/C20H18N2O3/c1-20(2)17(23)9-13-7-14(10-21-18(13)20)19(24)22-11-15-8-12-5-3-4-6-16(12)25-15/h3-8,10H,9,11H2,1-2H3,(H,22,24). The number of Topliss-reactive ketones (excluding diaryl/α,β-unsaturated/α-hetero) is 1. The van der Waals surface area contributed by atoms with Gasteiger partial charge < -0.3 is 9.73 Å². The highest BCUT2D eigenvalue weighted by Gasteiger charge is 2.39. The van der Waals surface area contributed by atoms with Crippen LogP contribution in [0.15, 0.2) is 47.0 Å². The number of nitrogens with one attached hydrogen (secondary N) is 1. The van der Waals surface area contributed by atoms with Crippen LogP contribution in [-0.4, -0.2) is 16.7 Å². The molecule has 0 bridgehead atoms. The summed E-state index contributed by atoms with van der Waals surface area (Å²) in [7, 11) is 0. The molecular weight excluding hydrogens is 316 g/mol. The maximum absolute atomic E-state index is 12.4. The number of benzene rings is 1. The number of para-hydroxylation sites is 1. The molecule has 25 heavy (non-hydrogen) atoms. The highest BCUT2D eigenvalue weighted by atomic mass is 16.3. The Morgan fingerprint density at radius 1 is 1.28 bits per heavy atom. The molecule has 0 radical (unpaired) electrons. The van der Waals surface area contributed by atoms with E-state index in [0.717, 1.165) is 22.2 Å². The molecule has 2 aromatic heterocycles. The third kappa shape index (κ3) is 2.61. The Hall–Kier alpha value is -2.95. The number of carbonyl (C=O) groups is 2. The number of hydrogen-bond donors (Lipinski definition) is 1.